The van der Waals surface area contributed by atoms with Crippen LogP contribution in [0.25, 0.3) is 0 Å². The lowest BCUT2D eigenvalue weighted by atomic mass is 9.92. The number of aromatic nitrogens is 1. The summed E-state index contributed by atoms with van der Waals surface area (Å²) >= 11 is 0. The first-order valence-electron chi connectivity index (χ1n) is 13.9. The highest BCUT2D eigenvalue weighted by molar-refractivity contribution is 5.96. The molecule has 2 amide bonds. The van der Waals surface area contributed by atoms with Crippen molar-refractivity contribution < 1.29 is 19.8 Å². The van der Waals surface area contributed by atoms with Crippen LogP contribution in [0.15, 0.2) is 72.9 Å². The maximum atomic E-state index is 13.9. The first kappa shape index (κ1) is 31.0. The van der Waals surface area contributed by atoms with Crippen LogP contribution in [0.5, 0.6) is 0 Å². The number of aryl methyl sites for hydroxylation is 1. The lowest BCUT2D eigenvalue weighted by Crippen LogP contribution is -2.50. The standard InChI is InChI=1S/C33H43N3O4/c1-32(2,3)35-30(39)28-15-8-6-12-24(28)17-18-27(38)22-25-13-7-9-16-29(25)31(40)36(20-21-37)33(4,5)23-26-14-10-11-19-34-26/h6-16,19,27,37-38H,17-18,20-23H2,1-5H3,(H,35,39). The van der Waals surface area contributed by atoms with Crippen LogP contribution in [0.4, 0.5) is 0 Å². The van der Waals surface area contributed by atoms with Crippen molar-refractivity contribution in [2.45, 2.75) is 77.5 Å². The second-order valence-corrected chi connectivity index (χ2v) is 11.9. The summed E-state index contributed by atoms with van der Waals surface area (Å²) < 4.78 is 0. The Morgan fingerprint density at radius 1 is 0.900 bits per heavy atom. The van der Waals surface area contributed by atoms with Crippen LogP contribution in [0, 0.1) is 0 Å². The van der Waals surface area contributed by atoms with Gasteiger partial charge in [0.2, 0.25) is 0 Å². The molecule has 0 saturated heterocycles. The highest BCUT2D eigenvalue weighted by Gasteiger charge is 2.33. The Morgan fingerprint density at radius 3 is 2.15 bits per heavy atom. The summed E-state index contributed by atoms with van der Waals surface area (Å²) in [6.45, 7) is 9.79. The number of hydrogen-bond donors (Lipinski definition) is 3. The van der Waals surface area contributed by atoms with E-state index >= 15 is 0 Å². The number of β-amino-alcohol motifs (C(OH)–C–C–N with tert-alkyl or cyclic N) is 1. The molecule has 3 N–H and O–H groups in total. The van der Waals surface area contributed by atoms with Gasteiger partial charge in [0.05, 0.1) is 12.7 Å². The van der Waals surface area contributed by atoms with Gasteiger partial charge in [-0.2, -0.15) is 0 Å². The summed E-state index contributed by atoms with van der Waals surface area (Å²) in [6, 6.07) is 20.5. The molecular formula is C33H43N3O4. The topological polar surface area (TPSA) is 103 Å². The molecule has 0 saturated carbocycles. The van der Waals surface area contributed by atoms with Crippen LogP contribution in [0.1, 0.15) is 78.6 Å². The maximum absolute atomic E-state index is 13.9. The van der Waals surface area contributed by atoms with E-state index in [1.807, 2.05) is 89.2 Å². The van der Waals surface area contributed by atoms with Crippen molar-refractivity contribution in [1.82, 2.24) is 15.2 Å². The molecule has 0 fully saturated rings. The van der Waals surface area contributed by atoms with Gasteiger partial charge < -0.3 is 20.4 Å². The van der Waals surface area contributed by atoms with Gasteiger partial charge in [-0.15, -0.1) is 0 Å². The molecule has 1 aromatic heterocycles. The van der Waals surface area contributed by atoms with Gasteiger partial charge in [0.1, 0.15) is 0 Å². The lowest BCUT2D eigenvalue weighted by molar-refractivity contribution is 0.0485. The molecular weight excluding hydrogens is 502 g/mol. The number of rotatable bonds is 12. The van der Waals surface area contributed by atoms with E-state index in [1.54, 1.807) is 23.2 Å². The number of nitrogens with one attached hydrogen (secondary N) is 1. The van der Waals surface area contributed by atoms with Crippen LogP contribution in [-0.4, -0.2) is 62.2 Å². The van der Waals surface area contributed by atoms with Gasteiger partial charge in [-0.25, -0.2) is 0 Å². The zero-order valence-electron chi connectivity index (χ0n) is 24.4. The fourth-order valence-corrected chi connectivity index (χ4v) is 4.92. The number of hydrogen-bond acceptors (Lipinski definition) is 5. The van der Waals surface area contributed by atoms with Crippen molar-refractivity contribution in [3.8, 4) is 0 Å². The Bertz CT molecular complexity index is 1270. The van der Waals surface area contributed by atoms with Crippen LogP contribution in [-0.2, 0) is 19.3 Å². The Morgan fingerprint density at radius 2 is 1.52 bits per heavy atom. The SMILES string of the molecule is CC(C)(C)NC(=O)c1ccccc1CCC(O)Cc1ccccc1C(=O)N(CCO)C(C)(C)Cc1ccccn1. The van der Waals surface area contributed by atoms with E-state index in [1.165, 1.54) is 0 Å². The normalized spacial score (nSPS) is 12.6. The minimum absolute atomic E-state index is 0.133. The van der Waals surface area contributed by atoms with Crippen LogP contribution in [0.2, 0.25) is 0 Å². The summed E-state index contributed by atoms with van der Waals surface area (Å²) in [5.41, 5.74) is 2.65. The van der Waals surface area contributed by atoms with Gasteiger partial charge in [-0.3, -0.25) is 14.6 Å². The fraction of sp³-hybridized carbons (Fsp3) is 0.424. The first-order chi connectivity index (χ1) is 18.9. The molecule has 0 aliphatic heterocycles. The van der Waals surface area contributed by atoms with E-state index < -0.39 is 11.6 Å². The van der Waals surface area contributed by atoms with E-state index in [2.05, 4.69) is 10.3 Å². The van der Waals surface area contributed by atoms with Gasteiger partial charge in [-0.05, 0) is 89.3 Å². The average molecular weight is 546 g/mol. The molecule has 7 heteroatoms. The fourth-order valence-electron chi connectivity index (χ4n) is 4.92. The summed E-state index contributed by atoms with van der Waals surface area (Å²) in [5.74, 6) is -0.326. The molecule has 40 heavy (non-hydrogen) atoms. The molecule has 0 spiro atoms. The molecule has 0 bridgehead atoms. The smallest absolute Gasteiger partial charge is 0.254 e. The molecule has 0 radical (unpaired) electrons. The zero-order chi connectivity index (χ0) is 29.3. The third-order valence-electron chi connectivity index (χ3n) is 6.84. The lowest BCUT2D eigenvalue weighted by Gasteiger charge is -2.39. The summed E-state index contributed by atoms with van der Waals surface area (Å²) in [7, 11) is 0. The molecule has 0 aliphatic rings. The molecule has 214 valence electrons. The maximum Gasteiger partial charge on any atom is 0.254 e. The monoisotopic (exact) mass is 545 g/mol. The molecule has 1 heterocycles. The Hall–Kier alpha value is -3.55. The van der Waals surface area contributed by atoms with E-state index in [0.717, 1.165) is 16.8 Å². The van der Waals surface area contributed by atoms with Gasteiger partial charge in [-0.1, -0.05) is 42.5 Å². The number of benzene rings is 2. The van der Waals surface area contributed by atoms with Crippen molar-refractivity contribution in [2.24, 2.45) is 0 Å². The van der Waals surface area contributed by atoms with Gasteiger partial charge in [0, 0.05) is 47.1 Å². The van der Waals surface area contributed by atoms with E-state index in [0.29, 0.717) is 36.8 Å². The van der Waals surface area contributed by atoms with E-state index in [4.69, 9.17) is 0 Å². The Labute approximate surface area is 238 Å². The van der Waals surface area contributed by atoms with Crippen LogP contribution in [0.3, 0.4) is 0 Å². The predicted octanol–water partition coefficient (Wildman–Crippen LogP) is 4.60. The zero-order valence-corrected chi connectivity index (χ0v) is 24.4. The van der Waals surface area contributed by atoms with E-state index in [9.17, 15) is 19.8 Å². The van der Waals surface area contributed by atoms with Crippen molar-refractivity contribution in [3.05, 3.63) is 101 Å². The van der Waals surface area contributed by atoms with Gasteiger partial charge in [0.15, 0.2) is 0 Å². The number of aliphatic hydroxyl groups is 2. The highest BCUT2D eigenvalue weighted by Crippen LogP contribution is 2.25. The molecule has 3 rings (SSSR count). The second-order valence-electron chi connectivity index (χ2n) is 11.9. The molecule has 2 aromatic carbocycles. The highest BCUT2D eigenvalue weighted by atomic mass is 16.3. The van der Waals surface area contributed by atoms with Crippen LogP contribution < -0.4 is 5.32 Å². The minimum Gasteiger partial charge on any atom is -0.395 e. The Kier molecular flexibility index (Phi) is 10.6. The molecule has 1 atom stereocenters. The summed E-state index contributed by atoms with van der Waals surface area (Å²) in [4.78, 5) is 32.8. The third-order valence-corrected chi connectivity index (χ3v) is 6.84. The van der Waals surface area contributed by atoms with Crippen LogP contribution >= 0.6 is 0 Å². The molecule has 1 unspecified atom stereocenters. The third kappa shape index (κ3) is 8.73. The minimum atomic E-state index is -0.708. The Balaban J connectivity index is 1.74. The number of aliphatic hydroxyl groups excluding tert-OH is 2. The van der Waals surface area contributed by atoms with Gasteiger partial charge >= 0.3 is 0 Å². The number of carbonyl (C=O) groups excluding carboxylic acids is 2. The van der Waals surface area contributed by atoms with Crippen molar-refractivity contribution in [1.29, 1.82) is 0 Å². The van der Waals surface area contributed by atoms with Crippen molar-refractivity contribution in [2.75, 3.05) is 13.2 Å². The number of nitrogens with zero attached hydrogens (tertiary/aromatic N) is 2. The molecule has 3 aromatic rings. The van der Waals surface area contributed by atoms with Gasteiger partial charge in [0.25, 0.3) is 11.8 Å². The number of pyridine rings is 1. The first-order valence-corrected chi connectivity index (χ1v) is 13.9. The quantitative estimate of drug-likeness (QED) is 0.309. The van der Waals surface area contributed by atoms with E-state index in [-0.39, 0.29) is 30.5 Å². The van der Waals surface area contributed by atoms with Crippen molar-refractivity contribution >= 4 is 11.8 Å². The predicted molar refractivity (Wildman–Crippen MR) is 158 cm³/mol. The summed E-state index contributed by atoms with van der Waals surface area (Å²) in [5, 5.41) is 23.8. The largest absolute Gasteiger partial charge is 0.395 e. The second kappa shape index (κ2) is 13.7. The molecule has 7 nitrogen and oxygen atoms in total. The average Bonchev–Trinajstić information content (AvgIpc) is 2.90. The number of amides is 2. The van der Waals surface area contributed by atoms with Crippen molar-refractivity contribution in [3.63, 3.8) is 0 Å². The molecule has 0 aliphatic carbocycles. The number of carbonyl (C=O) groups is 2. The summed E-state index contributed by atoms with van der Waals surface area (Å²) in [6.07, 6.45) is 2.82.